The normalized spacial score (nSPS) is 19.1. The summed E-state index contributed by atoms with van der Waals surface area (Å²) in [6.07, 6.45) is 2.58. The van der Waals surface area contributed by atoms with Crippen LogP contribution in [0.2, 0.25) is 0 Å². The van der Waals surface area contributed by atoms with Gasteiger partial charge in [0.2, 0.25) is 0 Å². The van der Waals surface area contributed by atoms with Gasteiger partial charge in [-0.05, 0) is 47.2 Å². The van der Waals surface area contributed by atoms with E-state index in [2.05, 4.69) is 41.4 Å². The van der Waals surface area contributed by atoms with Crippen molar-refractivity contribution in [1.82, 2.24) is 20.5 Å². The van der Waals surface area contributed by atoms with E-state index < -0.39 is 0 Å². The fourth-order valence-corrected chi connectivity index (χ4v) is 3.53. The zero-order chi connectivity index (χ0) is 15.2. The Morgan fingerprint density at radius 3 is 2.73 bits per heavy atom. The molecule has 0 aromatic carbocycles. The number of rotatable bonds is 5. The van der Waals surface area contributed by atoms with Gasteiger partial charge in [0, 0.05) is 24.0 Å². The van der Waals surface area contributed by atoms with E-state index in [9.17, 15) is 0 Å². The van der Waals surface area contributed by atoms with Gasteiger partial charge >= 0.3 is 0 Å². The molecule has 1 aliphatic heterocycles. The summed E-state index contributed by atoms with van der Waals surface area (Å²) in [5, 5.41) is 7.91. The number of guanidine groups is 1. The number of likely N-dealkylation sites (N-methyl/N-ethyl adjacent to an activating group) is 1. The third-order valence-corrected chi connectivity index (χ3v) is 4.96. The van der Waals surface area contributed by atoms with Crippen LogP contribution in [0.3, 0.4) is 0 Å². The van der Waals surface area contributed by atoms with Gasteiger partial charge in [0.25, 0.3) is 0 Å². The van der Waals surface area contributed by atoms with Gasteiger partial charge < -0.3 is 15.5 Å². The maximum absolute atomic E-state index is 4.69. The maximum Gasteiger partial charge on any atom is 0.191 e. The van der Waals surface area contributed by atoms with Crippen molar-refractivity contribution >= 4 is 41.3 Å². The summed E-state index contributed by atoms with van der Waals surface area (Å²) in [7, 11) is 2.20. The number of hydrogen-bond acceptors (Lipinski definition) is 4. The summed E-state index contributed by atoms with van der Waals surface area (Å²) in [6.45, 7) is 9.95. The predicted octanol–water partition coefficient (Wildman–Crippen LogP) is 2.53. The number of aromatic nitrogens is 1. The van der Waals surface area contributed by atoms with E-state index in [1.54, 1.807) is 11.3 Å². The van der Waals surface area contributed by atoms with Gasteiger partial charge in [-0.25, -0.2) is 9.98 Å². The van der Waals surface area contributed by atoms with Crippen molar-refractivity contribution in [3.63, 3.8) is 0 Å². The molecule has 1 fully saturated rings. The Morgan fingerprint density at radius 1 is 1.41 bits per heavy atom. The Morgan fingerprint density at radius 2 is 2.18 bits per heavy atom. The molecule has 7 heteroatoms. The van der Waals surface area contributed by atoms with Gasteiger partial charge in [0.15, 0.2) is 5.96 Å². The van der Waals surface area contributed by atoms with Crippen molar-refractivity contribution in [3.05, 3.63) is 15.6 Å². The summed E-state index contributed by atoms with van der Waals surface area (Å²) in [6, 6.07) is 0.626. The van der Waals surface area contributed by atoms with Gasteiger partial charge in [-0.2, -0.15) is 0 Å². The van der Waals surface area contributed by atoms with Gasteiger partial charge in [-0.15, -0.1) is 35.3 Å². The van der Waals surface area contributed by atoms with E-state index in [-0.39, 0.29) is 24.0 Å². The van der Waals surface area contributed by atoms with Crippen LogP contribution in [-0.4, -0.2) is 48.6 Å². The minimum absolute atomic E-state index is 0. The molecule has 1 aromatic heterocycles. The largest absolute Gasteiger partial charge is 0.357 e. The molecule has 0 aliphatic carbocycles. The third kappa shape index (κ3) is 5.66. The fourth-order valence-electron chi connectivity index (χ4n) is 2.66. The molecule has 2 heterocycles. The molecule has 1 saturated heterocycles. The first kappa shape index (κ1) is 19.6. The highest BCUT2D eigenvalue weighted by molar-refractivity contribution is 14.0. The number of thiazole rings is 1. The molecule has 126 valence electrons. The Bertz CT molecular complexity index is 488. The molecule has 5 nitrogen and oxygen atoms in total. The second-order valence-electron chi connectivity index (χ2n) is 5.59. The summed E-state index contributed by atoms with van der Waals surface area (Å²) in [4.78, 5) is 12.8. The smallest absolute Gasteiger partial charge is 0.191 e. The fraction of sp³-hybridized carbons (Fsp3) is 0.733. The van der Waals surface area contributed by atoms with Crippen molar-refractivity contribution in [2.24, 2.45) is 4.99 Å². The van der Waals surface area contributed by atoms with Crippen molar-refractivity contribution in [3.8, 4) is 0 Å². The molecule has 0 spiro atoms. The Hall–Kier alpha value is -0.410. The van der Waals surface area contributed by atoms with Crippen molar-refractivity contribution in [1.29, 1.82) is 0 Å². The summed E-state index contributed by atoms with van der Waals surface area (Å²) in [5.74, 6) is 0.906. The van der Waals surface area contributed by atoms with Crippen LogP contribution in [0.5, 0.6) is 0 Å². The van der Waals surface area contributed by atoms with Gasteiger partial charge in [-0.1, -0.05) is 0 Å². The second-order valence-corrected chi connectivity index (χ2v) is 6.88. The Balaban J connectivity index is 0.00000242. The molecule has 0 bridgehead atoms. The SMILES string of the molecule is CCNC(=NCc1sc(C)nc1C)NCC1CCCN1C.I. The van der Waals surface area contributed by atoms with Crippen molar-refractivity contribution in [2.45, 2.75) is 46.2 Å². The van der Waals surface area contributed by atoms with E-state index in [0.717, 1.165) is 29.8 Å². The summed E-state index contributed by atoms with van der Waals surface area (Å²) >= 11 is 1.74. The van der Waals surface area contributed by atoms with Crippen LogP contribution in [-0.2, 0) is 6.54 Å². The lowest BCUT2D eigenvalue weighted by Crippen LogP contribution is -2.44. The van der Waals surface area contributed by atoms with Gasteiger partial charge in [-0.3, -0.25) is 0 Å². The number of halogens is 1. The van der Waals surface area contributed by atoms with Crippen LogP contribution in [0.15, 0.2) is 4.99 Å². The van der Waals surface area contributed by atoms with Gasteiger partial charge in [0.1, 0.15) is 0 Å². The van der Waals surface area contributed by atoms with Crippen LogP contribution in [0.1, 0.15) is 35.3 Å². The van der Waals surface area contributed by atoms with E-state index in [0.29, 0.717) is 12.6 Å². The van der Waals surface area contributed by atoms with E-state index in [1.807, 2.05) is 6.92 Å². The number of hydrogen-bond donors (Lipinski definition) is 2. The standard InChI is InChI=1S/C15H27N5S.HI/c1-5-16-15(17-9-13-7-6-8-20(13)4)18-10-14-11(2)19-12(3)21-14;/h13H,5-10H2,1-4H3,(H2,16,17,18);1H. The molecule has 0 amide bonds. The number of likely N-dealkylation sites (tertiary alicyclic amines) is 1. The van der Waals surface area contributed by atoms with Gasteiger partial charge in [0.05, 0.1) is 17.2 Å². The number of aryl methyl sites for hydroxylation is 2. The molecule has 2 rings (SSSR count). The quantitative estimate of drug-likeness (QED) is 0.423. The molecule has 1 aliphatic rings. The van der Waals surface area contributed by atoms with Crippen LogP contribution in [0, 0.1) is 13.8 Å². The lowest BCUT2D eigenvalue weighted by molar-refractivity contribution is 0.309. The highest BCUT2D eigenvalue weighted by Gasteiger charge is 2.20. The highest BCUT2D eigenvalue weighted by Crippen LogP contribution is 2.18. The lowest BCUT2D eigenvalue weighted by Gasteiger charge is -2.21. The van der Waals surface area contributed by atoms with Crippen LogP contribution in [0.4, 0.5) is 0 Å². The van der Waals surface area contributed by atoms with E-state index in [1.165, 1.54) is 24.3 Å². The molecule has 22 heavy (non-hydrogen) atoms. The molecule has 2 N–H and O–H groups in total. The number of nitrogens with zero attached hydrogens (tertiary/aromatic N) is 3. The average molecular weight is 437 g/mol. The topological polar surface area (TPSA) is 52.6 Å². The molecular formula is C15H28IN5S. The van der Waals surface area contributed by atoms with E-state index >= 15 is 0 Å². The zero-order valence-electron chi connectivity index (χ0n) is 14.0. The monoisotopic (exact) mass is 437 g/mol. The average Bonchev–Trinajstić information content (AvgIpc) is 2.99. The predicted molar refractivity (Wildman–Crippen MR) is 105 cm³/mol. The molecule has 1 aromatic rings. The molecule has 0 radical (unpaired) electrons. The summed E-state index contributed by atoms with van der Waals surface area (Å²) in [5.41, 5.74) is 1.10. The minimum Gasteiger partial charge on any atom is -0.357 e. The second kappa shape index (κ2) is 9.67. The zero-order valence-corrected chi connectivity index (χ0v) is 17.1. The molecule has 1 atom stereocenters. The Kier molecular flexibility index (Phi) is 8.63. The third-order valence-electron chi connectivity index (χ3n) is 3.90. The van der Waals surface area contributed by atoms with Crippen molar-refractivity contribution in [2.75, 3.05) is 26.7 Å². The molecule has 0 saturated carbocycles. The first-order chi connectivity index (χ1) is 10.1. The first-order valence-corrected chi connectivity index (χ1v) is 8.57. The van der Waals surface area contributed by atoms with Crippen molar-refractivity contribution < 1.29 is 0 Å². The summed E-state index contributed by atoms with van der Waals surface area (Å²) < 4.78 is 0. The Labute approximate surface area is 155 Å². The molecular weight excluding hydrogens is 409 g/mol. The lowest BCUT2D eigenvalue weighted by atomic mass is 10.2. The highest BCUT2D eigenvalue weighted by atomic mass is 127. The van der Waals surface area contributed by atoms with Crippen LogP contribution < -0.4 is 10.6 Å². The first-order valence-electron chi connectivity index (χ1n) is 7.75. The van der Waals surface area contributed by atoms with Crippen LogP contribution >= 0.6 is 35.3 Å². The number of nitrogens with one attached hydrogen (secondary N) is 2. The van der Waals surface area contributed by atoms with E-state index in [4.69, 9.17) is 4.99 Å². The maximum atomic E-state index is 4.69. The van der Waals surface area contributed by atoms with Crippen LogP contribution in [0.25, 0.3) is 0 Å². The number of aliphatic imine (C=N–C) groups is 1. The minimum atomic E-state index is 0. The molecule has 1 unspecified atom stereocenters.